The molecule has 5 nitrogen and oxygen atoms in total. The number of amides is 1. The first-order chi connectivity index (χ1) is 12.9. The van der Waals surface area contributed by atoms with Gasteiger partial charge in [0.15, 0.2) is 0 Å². The number of nitrogens with one attached hydrogen (secondary N) is 2. The average molecular weight is 381 g/mol. The maximum absolute atomic E-state index is 12.6. The van der Waals surface area contributed by atoms with Crippen molar-refractivity contribution in [3.05, 3.63) is 76.6 Å². The molecule has 2 N–H and O–H groups in total. The van der Waals surface area contributed by atoms with Gasteiger partial charge < -0.3 is 10.6 Å². The third kappa shape index (κ3) is 4.63. The summed E-state index contributed by atoms with van der Waals surface area (Å²) in [6.45, 7) is 6.18. The Hall–Kier alpha value is -2.92. The van der Waals surface area contributed by atoms with Crippen molar-refractivity contribution in [2.75, 3.05) is 10.6 Å². The Kier molecular flexibility index (Phi) is 5.72. The molecular formula is C21H21ClN4O. The van der Waals surface area contributed by atoms with Gasteiger partial charge in [-0.15, -0.1) is 0 Å². The van der Waals surface area contributed by atoms with Crippen LogP contribution in [0.5, 0.6) is 0 Å². The van der Waals surface area contributed by atoms with Crippen LogP contribution >= 0.6 is 11.6 Å². The van der Waals surface area contributed by atoms with Gasteiger partial charge in [0, 0.05) is 28.8 Å². The van der Waals surface area contributed by atoms with Crippen molar-refractivity contribution >= 4 is 34.8 Å². The summed E-state index contributed by atoms with van der Waals surface area (Å²) < 4.78 is 0. The predicted molar refractivity (Wildman–Crippen MR) is 110 cm³/mol. The summed E-state index contributed by atoms with van der Waals surface area (Å²) >= 11 is 5.97. The zero-order valence-corrected chi connectivity index (χ0v) is 16.2. The maximum Gasteiger partial charge on any atom is 0.258 e. The van der Waals surface area contributed by atoms with Crippen LogP contribution in [0.15, 0.2) is 54.9 Å². The van der Waals surface area contributed by atoms with E-state index >= 15 is 0 Å². The zero-order valence-electron chi connectivity index (χ0n) is 15.5. The van der Waals surface area contributed by atoms with Crippen LogP contribution in [-0.2, 0) is 0 Å². The lowest BCUT2D eigenvalue weighted by Crippen LogP contribution is -2.15. The molecule has 0 aliphatic carbocycles. The quantitative estimate of drug-likeness (QED) is 0.608. The lowest BCUT2D eigenvalue weighted by Gasteiger charge is -2.16. The van der Waals surface area contributed by atoms with Gasteiger partial charge >= 0.3 is 0 Å². The van der Waals surface area contributed by atoms with Gasteiger partial charge in [-0.1, -0.05) is 49.7 Å². The van der Waals surface area contributed by atoms with Crippen molar-refractivity contribution in [2.45, 2.75) is 26.7 Å². The standard InChI is InChI=1S/C21H21ClN4O/c1-13(2)18-9-4-6-14(3)19(18)26-20(27)15-11-23-21(24-12-15)25-17-8-5-7-16(22)10-17/h4-13H,1-3H3,(H,26,27)(H,23,24,25). The summed E-state index contributed by atoms with van der Waals surface area (Å²) in [5.74, 6) is 0.466. The Morgan fingerprint density at radius 3 is 2.44 bits per heavy atom. The molecule has 0 bridgehead atoms. The van der Waals surface area contributed by atoms with E-state index in [1.54, 1.807) is 12.1 Å². The summed E-state index contributed by atoms with van der Waals surface area (Å²) in [6.07, 6.45) is 3.01. The highest BCUT2D eigenvalue weighted by atomic mass is 35.5. The molecule has 3 aromatic rings. The number of halogens is 1. The Morgan fingerprint density at radius 2 is 1.78 bits per heavy atom. The molecule has 1 heterocycles. The lowest BCUT2D eigenvalue weighted by atomic mass is 9.98. The summed E-state index contributed by atoms with van der Waals surface area (Å²) in [5.41, 5.74) is 4.14. The number of carbonyl (C=O) groups is 1. The smallest absolute Gasteiger partial charge is 0.258 e. The first-order valence-electron chi connectivity index (χ1n) is 8.69. The molecule has 0 radical (unpaired) electrons. The number of carbonyl (C=O) groups excluding carboxylic acids is 1. The number of hydrogen-bond acceptors (Lipinski definition) is 4. The van der Waals surface area contributed by atoms with Crippen molar-refractivity contribution in [3.8, 4) is 0 Å². The van der Waals surface area contributed by atoms with Crippen molar-refractivity contribution in [1.82, 2.24) is 9.97 Å². The summed E-state index contributed by atoms with van der Waals surface area (Å²) in [7, 11) is 0. The first-order valence-corrected chi connectivity index (χ1v) is 9.07. The second-order valence-electron chi connectivity index (χ2n) is 6.58. The van der Waals surface area contributed by atoms with E-state index in [1.165, 1.54) is 12.4 Å². The van der Waals surface area contributed by atoms with Crippen molar-refractivity contribution in [3.63, 3.8) is 0 Å². The molecule has 0 unspecified atom stereocenters. The number of benzene rings is 2. The number of hydrogen-bond donors (Lipinski definition) is 2. The van der Waals surface area contributed by atoms with Gasteiger partial charge in [-0.25, -0.2) is 9.97 Å². The molecule has 0 atom stereocenters. The monoisotopic (exact) mass is 380 g/mol. The minimum Gasteiger partial charge on any atom is -0.324 e. The molecule has 138 valence electrons. The highest BCUT2D eigenvalue weighted by Crippen LogP contribution is 2.27. The summed E-state index contributed by atoms with van der Waals surface area (Å²) in [4.78, 5) is 21.1. The minimum atomic E-state index is -0.236. The van der Waals surface area contributed by atoms with Gasteiger partial charge in [0.05, 0.1) is 5.56 Å². The number of para-hydroxylation sites is 1. The van der Waals surface area contributed by atoms with E-state index in [2.05, 4.69) is 34.4 Å². The molecule has 0 saturated carbocycles. The molecular weight excluding hydrogens is 360 g/mol. The molecule has 0 spiro atoms. The maximum atomic E-state index is 12.6. The SMILES string of the molecule is Cc1cccc(C(C)C)c1NC(=O)c1cnc(Nc2cccc(Cl)c2)nc1. The van der Waals surface area contributed by atoms with Crippen LogP contribution in [0.4, 0.5) is 17.3 Å². The van der Waals surface area contributed by atoms with Crippen molar-refractivity contribution < 1.29 is 4.79 Å². The van der Waals surface area contributed by atoms with Crippen LogP contribution < -0.4 is 10.6 Å². The molecule has 0 aliphatic rings. The third-order valence-electron chi connectivity index (χ3n) is 4.16. The fourth-order valence-electron chi connectivity index (χ4n) is 2.73. The molecule has 6 heteroatoms. The molecule has 0 aliphatic heterocycles. The molecule has 1 amide bonds. The average Bonchev–Trinajstić information content (AvgIpc) is 2.63. The fourth-order valence-corrected chi connectivity index (χ4v) is 2.92. The second-order valence-corrected chi connectivity index (χ2v) is 7.02. The van der Waals surface area contributed by atoms with Crippen molar-refractivity contribution in [1.29, 1.82) is 0 Å². The predicted octanol–water partition coefficient (Wildman–Crippen LogP) is 5.56. The number of anilines is 3. The fraction of sp³-hybridized carbons (Fsp3) is 0.190. The first kappa shape index (κ1) is 18.9. The molecule has 1 aromatic heterocycles. The molecule has 3 rings (SSSR count). The Bertz CT molecular complexity index is 955. The van der Waals surface area contributed by atoms with Crippen LogP contribution in [0.2, 0.25) is 5.02 Å². The van der Waals surface area contributed by atoms with Crippen LogP contribution in [0.3, 0.4) is 0 Å². The third-order valence-corrected chi connectivity index (χ3v) is 4.40. The normalized spacial score (nSPS) is 10.7. The van der Waals surface area contributed by atoms with Crippen LogP contribution in [-0.4, -0.2) is 15.9 Å². The largest absolute Gasteiger partial charge is 0.324 e. The number of nitrogens with zero attached hydrogens (tertiary/aromatic N) is 2. The van der Waals surface area contributed by atoms with Crippen LogP contribution in [0.1, 0.15) is 41.3 Å². The molecule has 2 aromatic carbocycles. The topological polar surface area (TPSA) is 66.9 Å². The van der Waals surface area contributed by atoms with E-state index in [9.17, 15) is 4.79 Å². The summed E-state index contributed by atoms with van der Waals surface area (Å²) in [6, 6.07) is 13.3. The Balaban J connectivity index is 1.75. The van der Waals surface area contributed by atoms with Crippen LogP contribution in [0, 0.1) is 6.92 Å². The van der Waals surface area contributed by atoms with E-state index in [0.29, 0.717) is 22.5 Å². The van der Waals surface area contributed by atoms with Gasteiger partial charge in [-0.2, -0.15) is 0 Å². The van der Waals surface area contributed by atoms with Gasteiger partial charge in [0.1, 0.15) is 0 Å². The molecule has 0 saturated heterocycles. The molecule has 0 fully saturated rings. The van der Waals surface area contributed by atoms with E-state index < -0.39 is 0 Å². The Morgan fingerprint density at radius 1 is 1.07 bits per heavy atom. The van der Waals surface area contributed by atoms with Gasteiger partial charge in [0.2, 0.25) is 5.95 Å². The number of aryl methyl sites for hydroxylation is 1. The Labute approximate surface area is 163 Å². The van der Waals surface area contributed by atoms with Gasteiger partial charge in [-0.05, 0) is 42.2 Å². The van der Waals surface area contributed by atoms with Gasteiger partial charge in [0.25, 0.3) is 5.91 Å². The van der Waals surface area contributed by atoms with E-state index in [0.717, 1.165) is 22.5 Å². The zero-order chi connectivity index (χ0) is 19.4. The highest BCUT2D eigenvalue weighted by molar-refractivity contribution is 6.30. The number of aromatic nitrogens is 2. The summed E-state index contributed by atoms with van der Waals surface area (Å²) in [5, 5.41) is 6.67. The lowest BCUT2D eigenvalue weighted by molar-refractivity contribution is 0.102. The van der Waals surface area contributed by atoms with E-state index in [1.807, 2.05) is 37.3 Å². The van der Waals surface area contributed by atoms with Gasteiger partial charge in [-0.3, -0.25) is 4.79 Å². The highest BCUT2D eigenvalue weighted by Gasteiger charge is 2.14. The van der Waals surface area contributed by atoms with E-state index in [-0.39, 0.29) is 5.91 Å². The minimum absolute atomic E-state index is 0.236. The van der Waals surface area contributed by atoms with Crippen molar-refractivity contribution in [2.24, 2.45) is 0 Å². The number of rotatable bonds is 5. The molecule has 27 heavy (non-hydrogen) atoms. The second kappa shape index (κ2) is 8.18. The van der Waals surface area contributed by atoms with E-state index in [4.69, 9.17) is 11.6 Å². The van der Waals surface area contributed by atoms with Crippen LogP contribution in [0.25, 0.3) is 0 Å².